The Kier molecular flexibility index (Phi) is 4.26. The van der Waals surface area contributed by atoms with Gasteiger partial charge in [-0.05, 0) is 25.1 Å². The number of ether oxygens (including phenoxy) is 1. The minimum atomic E-state index is -0.220. The highest BCUT2D eigenvalue weighted by molar-refractivity contribution is 5.94. The van der Waals surface area contributed by atoms with Crippen LogP contribution in [0.1, 0.15) is 28.0 Å². The van der Waals surface area contributed by atoms with Crippen molar-refractivity contribution in [3.05, 3.63) is 60.1 Å². The normalized spacial score (nSPS) is 17.5. The summed E-state index contributed by atoms with van der Waals surface area (Å²) in [6.45, 7) is 3.47. The average Bonchev–Trinajstić information content (AvgIpc) is 3.31. The lowest BCUT2D eigenvalue weighted by atomic mass is 10.2. The fraction of sp³-hybridized carbons (Fsp3) is 0.333. The fourth-order valence-corrected chi connectivity index (χ4v) is 3.16. The van der Waals surface area contributed by atoms with Gasteiger partial charge in [-0.2, -0.15) is 5.10 Å². The number of carbonyl (C=O) groups is 1. The second-order valence-electron chi connectivity index (χ2n) is 6.32. The van der Waals surface area contributed by atoms with E-state index in [1.165, 1.54) is 0 Å². The predicted molar refractivity (Wildman–Crippen MR) is 93.9 cm³/mol. The first kappa shape index (κ1) is 16.5. The van der Waals surface area contributed by atoms with Gasteiger partial charge in [-0.25, -0.2) is 14.6 Å². The zero-order valence-corrected chi connectivity index (χ0v) is 14.7. The Hall–Kier alpha value is -3.00. The predicted octanol–water partition coefficient (Wildman–Crippen LogP) is 1.52. The van der Waals surface area contributed by atoms with E-state index in [0.29, 0.717) is 31.1 Å². The van der Waals surface area contributed by atoms with Gasteiger partial charge in [-0.3, -0.25) is 4.79 Å². The van der Waals surface area contributed by atoms with Gasteiger partial charge in [-0.1, -0.05) is 0 Å². The van der Waals surface area contributed by atoms with E-state index in [1.54, 1.807) is 34.1 Å². The van der Waals surface area contributed by atoms with Crippen LogP contribution in [-0.4, -0.2) is 54.8 Å². The third-order valence-electron chi connectivity index (χ3n) is 4.41. The number of amides is 1. The van der Waals surface area contributed by atoms with Crippen LogP contribution < -0.4 is 0 Å². The largest absolute Gasteiger partial charge is 0.367 e. The molecular weight excluding hydrogens is 332 g/mol. The van der Waals surface area contributed by atoms with Crippen LogP contribution in [0.5, 0.6) is 0 Å². The van der Waals surface area contributed by atoms with Gasteiger partial charge in [0.25, 0.3) is 5.91 Å². The second-order valence-corrected chi connectivity index (χ2v) is 6.32. The Morgan fingerprint density at radius 1 is 1.35 bits per heavy atom. The molecule has 1 fully saturated rings. The Bertz CT molecular complexity index is 900. The maximum Gasteiger partial charge on any atom is 0.255 e. The summed E-state index contributed by atoms with van der Waals surface area (Å²) in [7, 11) is 1.94. The molecule has 0 unspecified atom stereocenters. The quantitative estimate of drug-likeness (QED) is 0.714. The number of aryl methyl sites for hydroxylation is 2. The van der Waals surface area contributed by atoms with E-state index in [0.717, 1.165) is 11.5 Å². The lowest BCUT2D eigenvalue weighted by Crippen LogP contribution is -2.42. The maximum absolute atomic E-state index is 12.8. The monoisotopic (exact) mass is 352 g/mol. The molecule has 8 nitrogen and oxygen atoms in total. The van der Waals surface area contributed by atoms with Crippen molar-refractivity contribution in [2.24, 2.45) is 7.05 Å². The number of carbonyl (C=O) groups excluding carboxylic acids is 1. The highest BCUT2D eigenvalue weighted by atomic mass is 16.5. The Balaban J connectivity index is 1.50. The van der Waals surface area contributed by atoms with Crippen molar-refractivity contribution < 1.29 is 9.53 Å². The van der Waals surface area contributed by atoms with Gasteiger partial charge in [-0.15, -0.1) is 0 Å². The van der Waals surface area contributed by atoms with Crippen molar-refractivity contribution in [2.45, 2.75) is 13.0 Å². The number of imidazole rings is 1. The molecule has 1 amide bonds. The van der Waals surface area contributed by atoms with E-state index >= 15 is 0 Å². The summed E-state index contributed by atoms with van der Waals surface area (Å²) in [6, 6.07) is 5.40. The zero-order chi connectivity index (χ0) is 18.1. The maximum atomic E-state index is 12.8. The molecule has 1 aliphatic heterocycles. The van der Waals surface area contributed by atoms with Crippen LogP contribution in [-0.2, 0) is 11.8 Å². The summed E-state index contributed by atoms with van der Waals surface area (Å²) in [6.07, 6.45) is 6.83. The van der Waals surface area contributed by atoms with E-state index in [4.69, 9.17) is 4.74 Å². The van der Waals surface area contributed by atoms with Crippen LogP contribution >= 0.6 is 0 Å². The van der Waals surface area contributed by atoms with Gasteiger partial charge in [0, 0.05) is 38.4 Å². The van der Waals surface area contributed by atoms with Crippen molar-refractivity contribution in [3.63, 3.8) is 0 Å². The molecule has 0 saturated carbocycles. The van der Waals surface area contributed by atoms with E-state index in [1.807, 2.05) is 37.0 Å². The molecule has 0 aromatic carbocycles. The van der Waals surface area contributed by atoms with Crippen molar-refractivity contribution in [1.29, 1.82) is 0 Å². The summed E-state index contributed by atoms with van der Waals surface area (Å²) < 4.78 is 9.45. The lowest BCUT2D eigenvalue weighted by molar-refractivity contribution is -0.0279. The standard InChI is InChI=1S/C18H20N6O2/c1-13-11-22(2)17(21-13)15-12-23(8-9-26-15)18(25)14-4-5-16(19-10-14)24-7-3-6-20-24/h3-7,10-11,15H,8-9,12H2,1-2H3/t15-/m1/s1. The Morgan fingerprint density at radius 2 is 2.23 bits per heavy atom. The number of rotatable bonds is 3. The van der Waals surface area contributed by atoms with Crippen LogP contribution in [0.15, 0.2) is 43.0 Å². The van der Waals surface area contributed by atoms with Crippen molar-refractivity contribution in [1.82, 2.24) is 29.2 Å². The Labute approximate surface area is 151 Å². The summed E-state index contributed by atoms with van der Waals surface area (Å²) >= 11 is 0. The van der Waals surface area contributed by atoms with Gasteiger partial charge in [0.2, 0.25) is 0 Å². The van der Waals surface area contributed by atoms with Crippen molar-refractivity contribution >= 4 is 5.91 Å². The molecule has 4 heterocycles. The molecular formula is C18H20N6O2. The summed E-state index contributed by atoms with van der Waals surface area (Å²) in [4.78, 5) is 23.5. The van der Waals surface area contributed by atoms with Crippen LogP contribution in [0.3, 0.4) is 0 Å². The topological polar surface area (TPSA) is 78.1 Å². The zero-order valence-electron chi connectivity index (χ0n) is 14.7. The molecule has 3 aromatic rings. The number of hydrogen-bond acceptors (Lipinski definition) is 5. The van der Waals surface area contributed by atoms with Gasteiger partial charge in [0.1, 0.15) is 11.9 Å². The minimum absolute atomic E-state index is 0.0521. The highest BCUT2D eigenvalue weighted by Gasteiger charge is 2.28. The number of hydrogen-bond donors (Lipinski definition) is 0. The minimum Gasteiger partial charge on any atom is -0.367 e. The van der Waals surface area contributed by atoms with Crippen molar-refractivity contribution in [3.8, 4) is 5.82 Å². The number of morpholine rings is 1. The molecule has 1 saturated heterocycles. The third kappa shape index (κ3) is 3.11. The van der Waals surface area contributed by atoms with E-state index in [-0.39, 0.29) is 12.0 Å². The van der Waals surface area contributed by atoms with Crippen molar-refractivity contribution in [2.75, 3.05) is 19.7 Å². The number of nitrogens with zero attached hydrogens (tertiary/aromatic N) is 6. The van der Waals surface area contributed by atoms with Gasteiger partial charge >= 0.3 is 0 Å². The average molecular weight is 352 g/mol. The number of aromatic nitrogens is 5. The van der Waals surface area contributed by atoms with Crippen LogP contribution in [0.4, 0.5) is 0 Å². The molecule has 0 N–H and O–H groups in total. The highest BCUT2D eigenvalue weighted by Crippen LogP contribution is 2.22. The van der Waals surface area contributed by atoms with E-state index in [9.17, 15) is 4.79 Å². The van der Waals surface area contributed by atoms with Gasteiger partial charge in [0.15, 0.2) is 5.82 Å². The second kappa shape index (κ2) is 6.72. The molecule has 26 heavy (non-hydrogen) atoms. The molecule has 1 atom stereocenters. The molecule has 4 rings (SSSR count). The van der Waals surface area contributed by atoms with Gasteiger partial charge < -0.3 is 14.2 Å². The summed E-state index contributed by atoms with van der Waals surface area (Å²) in [5.74, 6) is 1.46. The first-order valence-electron chi connectivity index (χ1n) is 8.48. The molecule has 1 aliphatic rings. The fourth-order valence-electron chi connectivity index (χ4n) is 3.16. The van der Waals surface area contributed by atoms with E-state index in [2.05, 4.69) is 15.1 Å². The molecule has 0 radical (unpaired) electrons. The molecule has 8 heteroatoms. The SMILES string of the molecule is Cc1cn(C)c([C@H]2CN(C(=O)c3ccc(-n4cccn4)nc3)CCO2)n1. The van der Waals surface area contributed by atoms with Gasteiger partial charge in [0.05, 0.1) is 24.4 Å². The third-order valence-corrected chi connectivity index (χ3v) is 4.41. The van der Waals surface area contributed by atoms with E-state index < -0.39 is 0 Å². The smallest absolute Gasteiger partial charge is 0.255 e. The lowest BCUT2D eigenvalue weighted by Gasteiger charge is -2.32. The van der Waals surface area contributed by atoms with Crippen LogP contribution in [0.25, 0.3) is 5.82 Å². The molecule has 134 valence electrons. The first-order chi connectivity index (χ1) is 12.6. The van der Waals surface area contributed by atoms with Crippen LogP contribution in [0.2, 0.25) is 0 Å². The number of pyridine rings is 1. The molecule has 0 bridgehead atoms. The molecule has 3 aromatic heterocycles. The summed E-state index contributed by atoms with van der Waals surface area (Å²) in [5, 5.41) is 4.14. The Morgan fingerprint density at radius 3 is 2.88 bits per heavy atom. The molecule has 0 spiro atoms. The molecule has 0 aliphatic carbocycles. The van der Waals surface area contributed by atoms with Crippen LogP contribution in [0, 0.1) is 6.92 Å². The first-order valence-corrected chi connectivity index (χ1v) is 8.48. The summed E-state index contributed by atoms with van der Waals surface area (Å²) in [5.41, 5.74) is 1.49.